The van der Waals surface area contributed by atoms with Crippen LogP contribution in [0.25, 0.3) is 5.76 Å². The van der Waals surface area contributed by atoms with Crippen LogP contribution in [0.4, 0.5) is 0 Å². The van der Waals surface area contributed by atoms with E-state index in [9.17, 15) is 4.79 Å². The Morgan fingerprint density at radius 3 is 2.45 bits per heavy atom. The van der Waals surface area contributed by atoms with Crippen molar-refractivity contribution in [2.24, 2.45) is 0 Å². The second-order valence-corrected chi connectivity index (χ2v) is 9.30. The number of ether oxygens (including phenoxy) is 2. The summed E-state index contributed by atoms with van der Waals surface area (Å²) < 4.78 is 12.6. The van der Waals surface area contributed by atoms with Gasteiger partial charge in [0.1, 0.15) is 21.6 Å². The van der Waals surface area contributed by atoms with E-state index in [2.05, 4.69) is 23.5 Å². The van der Waals surface area contributed by atoms with Gasteiger partial charge in [-0.2, -0.15) is 0 Å². The Kier molecular flexibility index (Phi) is 6.03. The first kappa shape index (κ1) is 21.5. The number of benzene rings is 3. The van der Waals surface area contributed by atoms with Gasteiger partial charge in [0.05, 0.1) is 11.5 Å². The van der Waals surface area contributed by atoms with Crippen LogP contribution >= 0.6 is 24.0 Å². The lowest BCUT2D eigenvalue weighted by Gasteiger charge is -2.30. The molecule has 1 unspecified atom stereocenters. The lowest BCUT2D eigenvalue weighted by molar-refractivity contribution is -0.115. The number of thiocarbonyl (C=S) groups is 1. The molecule has 0 saturated carbocycles. The van der Waals surface area contributed by atoms with Crippen molar-refractivity contribution in [1.29, 1.82) is 0 Å². The Labute approximate surface area is 202 Å². The molecule has 4 nitrogen and oxygen atoms in total. The lowest BCUT2D eigenvalue weighted by atomic mass is 9.81. The molecule has 0 radical (unpaired) electrons. The van der Waals surface area contributed by atoms with Gasteiger partial charge in [0.25, 0.3) is 5.91 Å². The fourth-order valence-electron chi connectivity index (χ4n) is 4.09. The maximum Gasteiger partial charge on any atom is 0.263 e. The number of allylic oxidation sites excluding steroid dienone is 2. The highest BCUT2D eigenvalue weighted by molar-refractivity contribution is 8.26. The average molecular weight is 472 g/mol. The fraction of sp³-hybridized carbons (Fsp3) is 0.111. The molecule has 164 valence electrons. The van der Waals surface area contributed by atoms with Gasteiger partial charge in [-0.05, 0) is 48.9 Å². The summed E-state index contributed by atoms with van der Waals surface area (Å²) in [6.45, 7) is 2.56. The number of hydrogen-bond donors (Lipinski definition) is 1. The van der Waals surface area contributed by atoms with Crippen LogP contribution in [0.2, 0.25) is 0 Å². The predicted molar refractivity (Wildman–Crippen MR) is 136 cm³/mol. The minimum Gasteiger partial charge on any atom is -0.494 e. The first-order valence-corrected chi connectivity index (χ1v) is 11.9. The average Bonchev–Trinajstić information content (AvgIpc) is 3.16. The number of fused-ring (bicyclic) bond motifs is 1. The van der Waals surface area contributed by atoms with Crippen LogP contribution < -0.4 is 14.8 Å². The van der Waals surface area contributed by atoms with Gasteiger partial charge >= 0.3 is 0 Å². The van der Waals surface area contributed by atoms with E-state index in [1.165, 1.54) is 11.8 Å². The summed E-state index contributed by atoms with van der Waals surface area (Å²) in [6, 6.07) is 26.2. The fourth-order valence-corrected chi connectivity index (χ4v) is 5.13. The van der Waals surface area contributed by atoms with Gasteiger partial charge in [0, 0.05) is 22.6 Å². The van der Waals surface area contributed by atoms with Gasteiger partial charge < -0.3 is 14.8 Å². The smallest absolute Gasteiger partial charge is 0.263 e. The van der Waals surface area contributed by atoms with Gasteiger partial charge in [0.15, 0.2) is 0 Å². The normalized spacial score (nSPS) is 18.7. The molecule has 3 aromatic rings. The van der Waals surface area contributed by atoms with E-state index in [1.807, 2.05) is 73.7 Å². The van der Waals surface area contributed by atoms with Crippen molar-refractivity contribution in [2.45, 2.75) is 12.8 Å². The Morgan fingerprint density at radius 2 is 1.76 bits per heavy atom. The molecular weight excluding hydrogens is 450 g/mol. The van der Waals surface area contributed by atoms with Crippen LogP contribution in [-0.4, -0.2) is 16.8 Å². The first-order chi connectivity index (χ1) is 16.1. The number of amides is 1. The molecular formula is C27H21NO3S2. The third-order valence-corrected chi connectivity index (χ3v) is 6.67. The summed E-state index contributed by atoms with van der Waals surface area (Å²) in [5.41, 5.74) is 3.99. The van der Waals surface area contributed by atoms with Crippen LogP contribution in [0.5, 0.6) is 11.5 Å². The van der Waals surface area contributed by atoms with Gasteiger partial charge in [0.2, 0.25) is 0 Å². The largest absolute Gasteiger partial charge is 0.494 e. The minimum atomic E-state index is -0.186. The summed E-state index contributed by atoms with van der Waals surface area (Å²) in [5.74, 6) is 2.02. The van der Waals surface area contributed by atoms with Crippen LogP contribution in [0.1, 0.15) is 29.5 Å². The SMILES string of the molecule is CCOc1ccc(C2=C(C=C3SC(=S)NC3=O)C(c3ccccc3)c3ccccc3O2)cc1. The van der Waals surface area contributed by atoms with Gasteiger partial charge in [-0.3, -0.25) is 4.79 Å². The minimum absolute atomic E-state index is 0.104. The highest BCUT2D eigenvalue weighted by atomic mass is 32.2. The Morgan fingerprint density at radius 1 is 1.03 bits per heavy atom. The molecule has 1 amide bonds. The Balaban J connectivity index is 1.73. The van der Waals surface area contributed by atoms with Crippen LogP contribution in [-0.2, 0) is 4.79 Å². The molecule has 0 aliphatic carbocycles. The summed E-state index contributed by atoms with van der Waals surface area (Å²) >= 11 is 6.49. The molecule has 0 bridgehead atoms. The van der Waals surface area contributed by atoms with Crippen molar-refractivity contribution in [2.75, 3.05) is 6.61 Å². The van der Waals surface area contributed by atoms with E-state index < -0.39 is 0 Å². The molecule has 1 fully saturated rings. The second kappa shape index (κ2) is 9.25. The van der Waals surface area contributed by atoms with Crippen molar-refractivity contribution in [1.82, 2.24) is 5.32 Å². The number of nitrogens with one attached hydrogen (secondary N) is 1. The van der Waals surface area contributed by atoms with E-state index in [-0.39, 0.29) is 11.8 Å². The van der Waals surface area contributed by atoms with Crippen molar-refractivity contribution < 1.29 is 14.3 Å². The van der Waals surface area contributed by atoms with Gasteiger partial charge in [-0.1, -0.05) is 72.5 Å². The third kappa shape index (κ3) is 4.32. The summed E-state index contributed by atoms with van der Waals surface area (Å²) in [6.07, 6.45) is 1.92. The standard InChI is InChI=1S/C27H21NO3S2/c1-2-30-19-14-12-18(13-15-19)25-21(16-23-26(29)28-27(32)33-23)24(17-8-4-3-5-9-17)20-10-6-7-11-22(20)31-25/h3-16,24H,2H2,1H3,(H,28,29,32). The molecule has 2 aliphatic heterocycles. The third-order valence-electron chi connectivity index (χ3n) is 5.50. The van der Waals surface area contributed by atoms with E-state index in [1.54, 1.807) is 0 Å². The summed E-state index contributed by atoms with van der Waals surface area (Å²) in [5, 5.41) is 2.71. The Bertz CT molecular complexity index is 1280. The van der Waals surface area contributed by atoms with Crippen molar-refractivity contribution >= 4 is 40.0 Å². The number of carbonyl (C=O) groups is 1. The van der Waals surface area contributed by atoms with E-state index in [0.29, 0.717) is 21.6 Å². The zero-order chi connectivity index (χ0) is 22.8. The number of thioether (sulfide) groups is 1. The van der Waals surface area contributed by atoms with Crippen molar-refractivity contribution in [3.8, 4) is 11.5 Å². The molecule has 5 rings (SSSR count). The topological polar surface area (TPSA) is 47.6 Å². The molecule has 1 saturated heterocycles. The molecule has 2 heterocycles. The highest BCUT2D eigenvalue weighted by Gasteiger charge is 2.32. The second-order valence-electron chi connectivity index (χ2n) is 7.58. The predicted octanol–water partition coefficient (Wildman–Crippen LogP) is 6.05. The van der Waals surface area contributed by atoms with E-state index >= 15 is 0 Å². The Hall–Kier alpha value is -3.35. The molecule has 3 aromatic carbocycles. The molecule has 1 atom stereocenters. The van der Waals surface area contributed by atoms with Crippen LogP contribution in [0.15, 0.2) is 95.4 Å². The molecule has 0 spiro atoms. The first-order valence-electron chi connectivity index (χ1n) is 10.7. The van der Waals surface area contributed by atoms with Gasteiger partial charge in [-0.25, -0.2) is 0 Å². The zero-order valence-electron chi connectivity index (χ0n) is 17.9. The maximum absolute atomic E-state index is 12.5. The van der Waals surface area contributed by atoms with Gasteiger partial charge in [-0.15, -0.1) is 0 Å². The molecule has 6 heteroatoms. The van der Waals surface area contributed by atoms with Crippen molar-refractivity contribution in [3.05, 3.63) is 112 Å². The van der Waals surface area contributed by atoms with E-state index in [0.717, 1.165) is 33.8 Å². The highest BCUT2D eigenvalue weighted by Crippen LogP contribution is 2.47. The monoisotopic (exact) mass is 471 g/mol. The summed E-state index contributed by atoms with van der Waals surface area (Å²) in [4.78, 5) is 13.1. The van der Waals surface area contributed by atoms with Crippen LogP contribution in [0.3, 0.4) is 0 Å². The molecule has 2 aliphatic rings. The number of para-hydroxylation sites is 1. The molecule has 33 heavy (non-hydrogen) atoms. The zero-order valence-corrected chi connectivity index (χ0v) is 19.5. The van der Waals surface area contributed by atoms with E-state index in [4.69, 9.17) is 21.7 Å². The number of rotatable bonds is 5. The quantitative estimate of drug-likeness (QED) is 0.362. The maximum atomic E-state index is 12.5. The van der Waals surface area contributed by atoms with Crippen LogP contribution in [0, 0.1) is 0 Å². The summed E-state index contributed by atoms with van der Waals surface area (Å²) in [7, 11) is 0. The number of hydrogen-bond acceptors (Lipinski definition) is 5. The lowest BCUT2D eigenvalue weighted by Crippen LogP contribution is -2.19. The number of carbonyl (C=O) groups excluding carboxylic acids is 1. The molecule has 0 aromatic heterocycles. The van der Waals surface area contributed by atoms with Crippen molar-refractivity contribution in [3.63, 3.8) is 0 Å². The molecule has 1 N–H and O–H groups in total.